The molecule has 0 aromatic carbocycles. The fraction of sp³-hybridized carbons (Fsp3) is 0.500. The van der Waals surface area contributed by atoms with Crippen LogP contribution in [-0.4, -0.2) is 37.6 Å². The second kappa shape index (κ2) is 10.5. The van der Waals surface area contributed by atoms with Gasteiger partial charge in [-0.3, -0.25) is 9.59 Å². The van der Waals surface area contributed by atoms with Gasteiger partial charge in [-0.1, -0.05) is 11.6 Å². The zero-order valence-corrected chi connectivity index (χ0v) is 16.5. The average molecular weight is 415 g/mol. The number of carboxylic acid groups (broad SMARTS) is 1. The first kappa shape index (κ1) is 23.8. The number of pyridine rings is 1. The predicted molar refractivity (Wildman–Crippen MR) is 95.1 cm³/mol. The van der Waals surface area contributed by atoms with Crippen LogP contribution in [0, 0.1) is 11.7 Å². The van der Waals surface area contributed by atoms with Crippen LogP contribution in [0.1, 0.15) is 42.6 Å². The SMILES string of the molecule is O=C(CC1CCC1)Nc1ccn(CCC(F)Cn2cc(C(=O)[O-])nn2)c(=O)c1F.[Li+]. The number of hydrogen-bond donors (Lipinski definition) is 1. The Hall–Kier alpha value is -2.51. The van der Waals surface area contributed by atoms with Crippen LogP contribution in [0.15, 0.2) is 23.3 Å². The van der Waals surface area contributed by atoms with Crippen molar-refractivity contribution in [3.8, 4) is 0 Å². The van der Waals surface area contributed by atoms with Gasteiger partial charge in [-0.2, -0.15) is 4.39 Å². The van der Waals surface area contributed by atoms with Gasteiger partial charge in [0.05, 0.1) is 24.4 Å². The molecule has 156 valence electrons. The van der Waals surface area contributed by atoms with E-state index in [1.807, 2.05) is 0 Å². The van der Waals surface area contributed by atoms with Crippen LogP contribution in [0.2, 0.25) is 0 Å². The van der Waals surface area contributed by atoms with E-state index in [1.54, 1.807) is 0 Å². The van der Waals surface area contributed by atoms with Crippen molar-refractivity contribution >= 4 is 17.6 Å². The number of amides is 1. The number of aryl methyl sites for hydroxylation is 1. The summed E-state index contributed by atoms with van der Waals surface area (Å²) in [7, 11) is 0. The minimum Gasteiger partial charge on any atom is -0.543 e. The molecule has 1 atom stereocenters. The molecule has 3 rings (SSSR count). The van der Waals surface area contributed by atoms with Crippen molar-refractivity contribution in [2.45, 2.75) is 51.4 Å². The number of halogens is 2. The summed E-state index contributed by atoms with van der Waals surface area (Å²) in [6.45, 7) is -0.373. The first-order chi connectivity index (χ1) is 13.8. The van der Waals surface area contributed by atoms with Crippen LogP contribution in [-0.2, 0) is 17.9 Å². The molecule has 1 N–H and O–H groups in total. The number of anilines is 1. The number of alkyl halides is 1. The molecule has 30 heavy (non-hydrogen) atoms. The van der Waals surface area contributed by atoms with E-state index in [9.17, 15) is 28.3 Å². The predicted octanol–water partition coefficient (Wildman–Crippen LogP) is -2.50. The van der Waals surface area contributed by atoms with Gasteiger partial charge in [-0.25, -0.2) is 9.07 Å². The van der Waals surface area contributed by atoms with E-state index >= 15 is 0 Å². The fourth-order valence-electron chi connectivity index (χ4n) is 3.03. The molecule has 0 bridgehead atoms. The number of nitrogens with zero attached hydrogens (tertiary/aromatic N) is 4. The molecule has 0 saturated heterocycles. The van der Waals surface area contributed by atoms with Crippen molar-refractivity contribution in [2.75, 3.05) is 5.32 Å². The molecular weight excluding hydrogens is 395 g/mol. The third-order valence-corrected chi connectivity index (χ3v) is 4.90. The number of carboxylic acids is 1. The van der Waals surface area contributed by atoms with E-state index < -0.39 is 29.2 Å². The quantitative estimate of drug-likeness (QED) is 0.452. The molecule has 1 amide bonds. The van der Waals surface area contributed by atoms with Gasteiger partial charge < -0.3 is 19.8 Å². The Balaban J connectivity index is 0.00000320. The zero-order valence-electron chi connectivity index (χ0n) is 16.5. The summed E-state index contributed by atoms with van der Waals surface area (Å²) < 4.78 is 30.4. The maximum Gasteiger partial charge on any atom is 1.00 e. The number of rotatable bonds is 9. The van der Waals surface area contributed by atoms with Gasteiger partial charge in [0.2, 0.25) is 11.7 Å². The average Bonchev–Trinajstić information content (AvgIpc) is 3.10. The summed E-state index contributed by atoms with van der Waals surface area (Å²) in [5, 5.41) is 19.8. The Morgan fingerprint density at radius 3 is 2.70 bits per heavy atom. The van der Waals surface area contributed by atoms with E-state index in [2.05, 4.69) is 15.6 Å². The minimum absolute atomic E-state index is 0. The molecule has 9 nitrogen and oxygen atoms in total. The molecule has 2 aromatic heterocycles. The second-order valence-corrected chi connectivity index (χ2v) is 7.09. The van der Waals surface area contributed by atoms with Crippen molar-refractivity contribution in [2.24, 2.45) is 5.92 Å². The largest absolute Gasteiger partial charge is 1.00 e. The van der Waals surface area contributed by atoms with Crippen molar-refractivity contribution in [3.63, 3.8) is 0 Å². The number of carbonyl (C=O) groups is 2. The first-order valence-corrected chi connectivity index (χ1v) is 9.28. The van der Waals surface area contributed by atoms with Crippen LogP contribution in [0.4, 0.5) is 14.5 Å². The van der Waals surface area contributed by atoms with Gasteiger partial charge in [0.25, 0.3) is 5.56 Å². The Bertz CT molecular complexity index is 960. The monoisotopic (exact) mass is 415 g/mol. The molecule has 0 aliphatic heterocycles. The van der Waals surface area contributed by atoms with Gasteiger partial charge in [0.15, 0.2) is 0 Å². The Morgan fingerprint density at radius 2 is 2.10 bits per heavy atom. The molecule has 12 heteroatoms. The molecular formula is C18H20F2LiN5O4. The van der Waals surface area contributed by atoms with E-state index in [0.29, 0.717) is 12.3 Å². The molecule has 2 aromatic rings. The summed E-state index contributed by atoms with van der Waals surface area (Å²) in [6.07, 6.45) is 4.07. The van der Waals surface area contributed by atoms with E-state index in [1.165, 1.54) is 12.3 Å². The zero-order chi connectivity index (χ0) is 21.0. The minimum atomic E-state index is -1.52. The summed E-state index contributed by atoms with van der Waals surface area (Å²) >= 11 is 0. The summed E-state index contributed by atoms with van der Waals surface area (Å²) in [5.74, 6) is -2.64. The molecule has 2 heterocycles. The molecule has 1 fully saturated rings. The normalized spacial score (nSPS) is 14.5. The van der Waals surface area contributed by atoms with Gasteiger partial charge in [0.1, 0.15) is 11.9 Å². The van der Waals surface area contributed by atoms with Crippen molar-refractivity contribution < 1.29 is 42.3 Å². The van der Waals surface area contributed by atoms with E-state index in [-0.39, 0.29) is 50.0 Å². The standard InChI is InChI=1S/C18H21F2N5O4.Li/c19-12(9-25-10-14(18(28)29)22-23-25)4-6-24-7-5-13(16(20)17(24)27)21-15(26)8-11-2-1-3-11;/h5,7,10-12H,1-4,6,8-9H2,(H,21,26)(H,28,29);/q;+1/p-1. The van der Waals surface area contributed by atoms with Gasteiger partial charge in [-0.05, 0) is 31.2 Å². The second-order valence-electron chi connectivity index (χ2n) is 7.09. The molecule has 0 radical (unpaired) electrons. The van der Waals surface area contributed by atoms with Crippen LogP contribution in [0.3, 0.4) is 0 Å². The van der Waals surface area contributed by atoms with Crippen LogP contribution >= 0.6 is 0 Å². The molecule has 1 unspecified atom stereocenters. The smallest absolute Gasteiger partial charge is 0.543 e. The van der Waals surface area contributed by atoms with Crippen molar-refractivity contribution in [1.82, 2.24) is 19.6 Å². The van der Waals surface area contributed by atoms with Crippen molar-refractivity contribution in [1.29, 1.82) is 0 Å². The Kier molecular flexibility index (Phi) is 8.31. The van der Waals surface area contributed by atoms with Crippen molar-refractivity contribution in [3.05, 3.63) is 40.3 Å². The molecule has 0 spiro atoms. The number of aromatic nitrogens is 4. The third-order valence-electron chi connectivity index (χ3n) is 4.90. The Labute approximate surface area is 182 Å². The first-order valence-electron chi connectivity index (χ1n) is 9.28. The maximum atomic E-state index is 14.3. The molecule has 1 aliphatic carbocycles. The number of nitrogens with one attached hydrogen (secondary N) is 1. The van der Waals surface area contributed by atoms with Gasteiger partial charge >= 0.3 is 18.9 Å². The number of carbonyl (C=O) groups excluding carboxylic acids is 2. The van der Waals surface area contributed by atoms with Crippen LogP contribution in [0.25, 0.3) is 0 Å². The fourth-order valence-corrected chi connectivity index (χ4v) is 3.03. The van der Waals surface area contributed by atoms with Gasteiger partial charge in [0, 0.05) is 19.2 Å². The number of hydrogen-bond acceptors (Lipinski definition) is 6. The third kappa shape index (κ3) is 6.00. The maximum absolute atomic E-state index is 14.3. The molecule has 1 saturated carbocycles. The van der Waals surface area contributed by atoms with Crippen LogP contribution < -0.4 is 34.8 Å². The van der Waals surface area contributed by atoms with Crippen LogP contribution in [0.5, 0.6) is 0 Å². The summed E-state index contributed by atoms with van der Waals surface area (Å²) in [5.41, 5.74) is -1.56. The number of aromatic carboxylic acids is 1. The topological polar surface area (TPSA) is 122 Å². The van der Waals surface area contributed by atoms with E-state index in [4.69, 9.17) is 0 Å². The van der Waals surface area contributed by atoms with E-state index in [0.717, 1.165) is 34.7 Å². The summed E-state index contributed by atoms with van der Waals surface area (Å²) in [6, 6.07) is 1.27. The molecule has 1 aliphatic rings. The Morgan fingerprint density at radius 1 is 1.37 bits per heavy atom. The van der Waals surface area contributed by atoms with Gasteiger partial charge in [-0.15, -0.1) is 5.10 Å². The summed E-state index contributed by atoms with van der Waals surface area (Å²) in [4.78, 5) is 34.7.